The lowest BCUT2D eigenvalue weighted by Gasteiger charge is -2.22. The summed E-state index contributed by atoms with van der Waals surface area (Å²) in [6, 6.07) is 6.73. The second-order valence-corrected chi connectivity index (χ2v) is 16.4. The fourth-order valence-corrected chi connectivity index (χ4v) is 5.88. The fourth-order valence-electron chi connectivity index (χ4n) is 4.43. The molecule has 0 aliphatic heterocycles. The summed E-state index contributed by atoms with van der Waals surface area (Å²) >= 11 is 0. The molecule has 1 N–H and O–H groups in total. The lowest BCUT2D eigenvalue weighted by molar-refractivity contribution is -0.153. The Balaban J connectivity index is 0.000000821. The zero-order valence-electron chi connectivity index (χ0n) is 28.4. The average Bonchev–Trinajstić information content (AvgIpc) is 2.91. The van der Waals surface area contributed by atoms with Crippen LogP contribution in [0.1, 0.15) is 132 Å². The summed E-state index contributed by atoms with van der Waals surface area (Å²) in [6.07, 6.45) is 8.49. The van der Waals surface area contributed by atoms with E-state index < -0.39 is 20.6 Å². The monoisotopic (exact) mass is 621 g/mol. The maximum absolute atomic E-state index is 12.5. The molecule has 1 aromatic carbocycles. The van der Waals surface area contributed by atoms with Crippen LogP contribution in [0.4, 0.5) is 0 Å². The van der Waals surface area contributed by atoms with E-state index >= 15 is 0 Å². The van der Waals surface area contributed by atoms with E-state index in [9.17, 15) is 18.0 Å². The van der Waals surface area contributed by atoms with Crippen molar-refractivity contribution in [3.05, 3.63) is 41.2 Å². The standard InChI is InChI=1S/C18H34O4.C17H25NO2S/c1-6-22-16(21)18(4,5)13-8-7-10-15(20)11-9-12-17(2,3)14-19;1-14-9-11-15(12-10-14)21(19,20)16(18-5)8-6-7-13-17(2,3)4/h19H,6-14H2,1-5H3;9-12,16H,6-8,13H2,1-4H3. The summed E-state index contributed by atoms with van der Waals surface area (Å²) in [5.41, 5.74) is 0.705. The molecule has 1 rings (SSSR count). The third-order valence-corrected chi connectivity index (χ3v) is 9.54. The predicted octanol–water partition coefficient (Wildman–Crippen LogP) is 8.51. The number of benzene rings is 1. The molecule has 1 atom stereocenters. The third-order valence-electron chi connectivity index (χ3n) is 7.55. The number of ether oxygens (including phenoxy) is 1. The highest BCUT2D eigenvalue weighted by molar-refractivity contribution is 7.92. The minimum atomic E-state index is -3.54. The molecule has 1 unspecified atom stereocenters. The molecule has 0 amide bonds. The van der Waals surface area contributed by atoms with Gasteiger partial charge >= 0.3 is 11.3 Å². The Morgan fingerprint density at radius 3 is 1.95 bits per heavy atom. The minimum absolute atomic E-state index is 0.0933. The molecule has 0 bridgehead atoms. The van der Waals surface area contributed by atoms with E-state index in [1.165, 1.54) is 0 Å². The summed E-state index contributed by atoms with van der Waals surface area (Å²) in [6.45, 7) is 25.8. The second kappa shape index (κ2) is 19.2. The first kappa shape index (κ1) is 40.8. The predicted molar refractivity (Wildman–Crippen MR) is 175 cm³/mol. The smallest absolute Gasteiger partial charge is 0.325 e. The number of aryl methyl sites for hydroxylation is 1. The van der Waals surface area contributed by atoms with Crippen LogP contribution < -0.4 is 0 Å². The van der Waals surface area contributed by atoms with Gasteiger partial charge in [0.05, 0.1) is 16.9 Å². The Kier molecular flexibility index (Phi) is 18.2. The molecule has 246 valence electrons. The van der Waals surface area contributed by atoms with Gasteiger partial charge in [0.15, 0.2) is 0 Å². The number of aliphatic hydroxyl groups is 1. The van der Waals surface area contributed by atoms with Crippen molar-refractivity contribution in [3.63, 3.8) is 0 Å². The van der Waals surface area contributed by atoms with Gasteiger partial charge in [-0.1, -0.05) is 65.2 Å². The Bertz CT molecular complexity index is 1110. The SMILES string of the molecule is CCOC(=O)C(C)(C)CCCCC(=O)CCCC(C)(C)CO.[C-]#[N+]C(CCCCC(C)(C)C)S(=O)(=O)c1ccc(C)cc1. The van der Waals surface area contributed by atoms with Crippen molar-refractivity contribution in [1.82, 2.24) is 0 Å². The van der Waals surface area contributed by atoms with Gasteiger partial charge in [-0.3, -0.25) is 14.4 Å². The van der Waals surface area contributed by atoms with Crippen molar-refractivity contribution in [1.29, 1.82) is 0 Å². The molecule has 0 aromatic heterocycles. The van der Waals surface area contributed by atoms with Crippen molar-refractivity contribution in [2.45, 2.75) is 143 Å². The van der Waals surface area contributed by atoms with Crippen LogP contribution >= 0.6 is 0 Å². The summed E-state index contributed by atoms with van der Waals surface area (Å²) in [7, 11) is -3.54. The van der Waals surface area contributed by atoms with Crippen LogP contribution in [0.25, 0.3) is 4.85 Å². The molecule has 1 aromatic rings. The molecular weight excluding hydrogens is 562 g/mol. The van der Waals surface area contributed by atoms with Crippen LogP contribution in [0, 0.1) is 29.7 Å². The van der Waals surface area contributed by atoms with Crippen LogP contribution in [0.2, 0.25) is 0 Å². The average molecular weight is 622 g/mol. The van der Waals surface area contributed by atoms with Crippen LogP contribution in [-0.2, 0) is 24.2 Å². The van der Waals surface area contributed by atoms with Crippen LogP contribution in [0.15, 0.2) is 29.2 Å². The molecule has 0 spiro atoms. The van der Waals surface area contributed by atoms with Gasteiger partial charge in [0, 0.05) is 25.9 Å². The number of ketones is 1. The molecule has 0 fully saturated rings. The van der Waals surface area contributed by atoms with Crippen LogP contribution in [0.3, 0.4) is 0 Å². The topological polar surface area (TPSA) is 102 Å². The lowest BCUT2D eigenvalue weighted by Crippen LogP contribution is -2.26. The Morgan fingerprint density at radius 1 is 0.884 bits per heavy atom. The maximum atomic E-state index is 12.5. The number of hydrogen-bond acceptors (Lipinski definition) is 6. The van der Waals surface area contributed by atoms with Crippen molar-refractivity contribution >= 4 is 21.6 Å². The van der Waals surface area contributed by atoms with Gasteiger partial charge < -0.3 is 9.84 Å². The number of carbonyl (C=O) groups excluding carboxylic acids is 2. The van der Waals surface area contributed by atoms with Gasteiger partial charge in [-0.15, -0.1) is 0 Å². The zero-order valence-corrected chi connectivity index (χ0v) is 29.2. The molecule has 7 nitrogen and oxygen atoms in total. The Labute approximate surface area is 262 Å². The molecule has 0 saturated carbocycles. The summed E-state index contributed by atoms with van der Waals surface area (Å²) in [5, 5.41) is 8.21. The third kappa shape index (κ3) is 17.6. The van der Waals surface area contributed by atoms with E-state index in [1.807, 2.05) is 41.5 Å². The molecule has 43 heavy (non-hydrogen) atoms. The number of hydrogen-bond donors (Lipinski definition) is 1. The first-order valence-electron chi connectivity index (χ1n) is 15.8. The largest absolute Gasteiger partial charge is 0.466 e. The molecule has 0 saturated heterocycles. The van der Waals surface area contributed by atoms with Crippen LogP contribution in [-0.4, -0.2) is 43.9 Å². The second-order valence-electron chi connectivity index (χ2n) is 14.3. The highest BCUT2D eigenvalue weighted by Gasteiger charge is 2.32. The fraction of sp³-hybridized carbons (Fsp3) is 0.743. The van der Waals surface area contributed by atoms with Gasteiger partial charge in [-0.05, 0) is 89.2 Å². The highest BCUT2D eigenvalue weighted by Crippen LogP contribution is 2.27. The number of nitrogens with zero attached hydrogens (tertiary/aromatic N) is 1. The quantitative estimate of drug-likeness (QED) is 0.100. The molecule has 0 aliphatic carbocycles. The van der Waals surface area contributed by atoms with Gasteiger partial charge in [0.1, 0.15) is 5.78 Å². The van der Waals surface area contributed by atoms with Gasteiger partial charge in [-0.2, -0.15) is 0 Å². The molecular formula is C35H59NO6S. The number of aliphatic hydroxyl groups excluding tert-OH is 1. The maximum Gasteiger partial charge on any atom is 0.325 e. The van der Waals surface area contributed by atoms with E-state index in [0.29, 0.717) is 25.9 Å². The first-order chi connectivity index (χ1) is 19.8. The first-order valence-corrected chi connectivity index (χ1v) is 17.3. The number of Topliss-reactive ketones (excluding diaryl/α,β-unsaturated/α-hetero) is 1. The Morgan fingerprint density at radius 2 is 1.44 bits per heavy atom. The van der Waals surface area contributed by atoms with Gasteiger partial charge in [0.2, 0.25) is 0 Å². The van der Waals surface area contributed by atoms with E-state index in [4.69, 9.17) is 16.4 Å². The van der Waals surface area contributed by atoms with Crippen molar-refractivity contribution in [2.75, 3.05) is 13.2 Å². The van der Waals surface area contributed by atoms with E-state index in [0.717, 1.165) is 56.9 Å². The number of rotatable bonds is 18. The zero-order chi connectivity index (χ0) is 33.3. The van der Waals surface area contributed by atoms with Crippen molar-refractivity contribution in [3.8, 4) is 0 Å². The molecule has 8 heteroatoms. The van der Waals surface area contributed by atoms with Gasteiger partial charge in [-0.25, -0.2) is 15.0 Å². The Hall–Kier alpha value is -2.24. The van der Waals surface area contributed by atoms with Crippen molar-refractivity contribution < 1.29 is 27.9 Å². The van der Waals surface area contributed by atoms with Gasteiger partial charge in [0.25, 0.3) is 9.84 Å². The molecule has 0 heterocycles. The molecule has 0 radical (unpaired) electrons. The summed E-state index contributed by atoms with van der Waals surface area (Å²) in [4.78, 5) is 27.2. The number of carbonyl (C=O) groups is 2. The lowest BCUT2D eigenvalue weighted by atomic mass is 9.86. The highest BCUT2D eigenvalue weighted by atomic mass is 32.2. The normalized spacial score (nSPS) is 13.0. The van der Waals surface area contributed by atoms with Crippen molar-refractivity contribution in [2.24, 2.45) is 16.2 Å². The summed E-state index contributed by atoms with van der Waals surface area (Å²) in [5.74, 6) is 0.121. The number of unbranched alkanes of at least 4 members (excludes halogenated alkanes) is 2. The molecule has 0 aliphatic rings. The summed E-state index contributed by atoms with van der Waals surface area (Å²) < 4.78 is 30.0. The minimum Gasteiger partial charge on any atom is -0.466 e. The van der Waals surface area contributed by atoms with E-state index in [2.05, 4.69) is 25.6 Å². The van der Waals surface area contributed by atoms with Crippen LogP contribution in [0.5, 0.6) is 0 Å². The number of esters is 1. The van der Waals surface area contributed by atoms with E-state index in [-0.39, 0.29) is 34.1 Å². The number of sulfone groups is 1. The van der Waals surface area contributed by atoms with E-state index in [1.54, 1.807) is 24.3 Å².